The van der Waals surface area contributed by atoms with E-state index in [1.165, 1.54) is 0 Å². The Hall–Kier alpha value is -3.62. The molecule has 0 atom stereocenters. The zero-order valence-corrected chi connectivity index (χ0v) is 18.5. The molecule has 0 radical (unpaired) electrons. The van der Waals surface area contributed by atoms with Crippen molar-refractivity contribution in [2.75, 3.05) is 24.5 Å². The lowest BCUT2D eigenvalue weighted by Crippen LogP contribution is -2.68. The molecular weight excluding hydrogens is 408 g/mol. The van der Waals surface area contributed by atoms with Crippen LogP contribution in [-0.4, -0.2) is 56.1 Å². The van der Waals surface area contributed by atoms with Crippen molar-refractivity contribution < 1.29 is 9.59 Å². The summed E-state index contributed by atoms with van der Waals surface area (Å²) in [6, 6.07) is 8.93. The molecule has 1 spiro atoms. The van der Waals surface area contributed by atoms with Crippen molar-refractivity contribution in [1.82, 2.24) is 24.3 Å². The molecule has 5 rings (SSSR count). The fourth-order valence-electron chi connectivity index (χ4n) is 5.09. The molecule has 1 N–H and O–H groups in total. The molecule has 9 nitrogen and oxygen atoms in total. The van der Waals surface area contributed by atoms with Crippen molar-refractivity contribution >= 4 is 28.7 Å². The number of carbonyl (C=O) groups is 2. The second kappa shape index (κ2) is 7.22. The number of likely N-dealkylation sites (tertiary alicyclic amines) is 1. The number of aryl methyl sites for hydroxylation is 2. The summed E-state index contributed by atoms with van der Waals surface area (Å²) in [7, 11) is 3.43. The fourth-order valence-corrected chi connectivity index (χ4v) is 5.09. The predicted octanol–water partition coefficient (Wildman–Crippen LogP) is 1.47. The second-order valence-corrected chi connectivity index (χ2v) is 8.50. The molecule has 32 heavy (non-hydrogen) atoms. The third-order valence-corrected chi connectivity index (χ3v) is 6.86. The molecule has 0 saturated carbocycles. The lowest BCUT2D eigenvalue weighted by Gasteiger charge is -2.51. The van der Waals surface area contributed by atoms with Gasteiger partial charge in [0.15, 0.2) is 0 Å². The predicted molar refractivity (Wildman–Crippen MR) is 121 cm³/mol. The topological polar surface area (TPSA) is 92.5 Å². The Morgan fingerprint density at radius 1 is 1.09 bits per heavy atom. The lowest BCUT2D eigenvalue weighted by atomic mass is 9.90. The van der Waals surface area contributed by atoms with Crippen LogP contribution in [0.3, 0.4) is 0 Å². The van der Waals surface area contributed by atoms with E-state index < -0.39 is 5.66 Å². The summed E-state index contributed by atoms with van der Waals surface area (Å²) in [5.74, 6) is 0.517. The zero-order chi connectivity index (χ0) is 22.6. The minimum atomic E-state index is -0.544. The van der Waals surface area contributed by atoms with Gasteiger partial charge in [-0.05, 0) is 37.3 Å². The van der Waals surface area contributed by atoms with Gasteiger partial charge in [0.1, 0.15) is 11.5 Å². The third-order valence-electron chi connectivity index (χ3n) is 6.86. The molecule has 0 bridgehead atoms. The molecule has 1 aromatic carbocycles. The number of carbonyl (C=O) groups excluding carboxylic acids is 2. The van der Waals surface area contributed by atoms with Crippen LogP contribution >= 0.6 is 0 Å². The molecule has 9 heteroatoms. The summed E-state index contributed by atoms with van der Waals surface area (Å²) < 4.78 is 3.13. The number of pyridine rings is 1. The Kier molecular flexibility index (Phi) is 4.58. The second-order valence-electron chi connectivity index (χ2n) is 8.50. The number of imidazole rings is 1. The van der Waals surface area contributed by atoms with Crippen LogP contribution in [0.2, 0.25) is 0 Å². The summed E-state index contributed by atoms with van der Waals surface area (Å²) in [6.45, 7) is 3.79. The third kappa shape index (κ3) is 2.84. The lowest BCUT2D eigenvalue weighted by molar-refractivity contribution is 0.0602. The number of nitrogens with zero attached hydrogens (tertiary/aromatic N) is 5. The number of rotatable bonds is 2. The van der Waals surface area contributed by atoms with Gasteiger partial charge in [-0.1, -0.05) is 0 Å². The van der Waals surface area contributed by atoms with Crippen LogP contribution in [0.25, 0.3) is 11.0 Å². The first-order chi connectivity index (χ1) is 15.4. The highest BCUT2D eigenvalue weighted by molar-refractivity contribution is 6.02. The van der Waals surface area contributed by atoms with E-state index in [1.807, 2.05) is 11.0 Å². The summed E-state index contributed by atoms with van der Waals surface area (Å²) in [4.78, 5) is 46.7. The van der Waals surface area contributed by atoms with Gasteiger partial charge in [0.25, 0.3) is 11.8 Å². The first-order valence-corrected chi connectivity index (χ1v) is 10.9. The van der Waals surface area contributed by atoms with Crippen molar-refractivity contribution in [2.24, 2.45) is 14.1 Å². The summed E-state index contributed by atoms with van der Waals surface area (Å²) in [5, 5.41) is 3.20. The van der Waals surface area contributed by atoms with E-state index in [1.54, 1.807) is 53.7 Å². The Morgan fingerprint density at radius 2 is 1.81 bits per heavy atom. The van der Waals surface area contributed by atoms with E-state index in [0.717, 1.165) is 11.0 Å². The van der Waals surface area contributed by atoms with Gasteiger partial charge < -0.3 is 15.1 Å². The minimum absolute atomic E-state index is 0.0678. The van der Waals surface area contributed by atoms with Gasteiger partial charge in [0.05, 0.1) is 16.6 Å². The Balaban J connectivity index is 1.39. The van der Waals surface area contributed by atoms with Gasteiger partial charge in [0, 0.05) is 58.3 Å². The quantitative estimate of drug-likeness (QED) is 0.660. The maximum atomic E-state index is 13.2. The van der Waals surface area contributed by atoms with Crippen LogP contribution in [0.1, 0.15) is 40.5 Å². The van der Waals surface area contributed by atoms with Crippen LogP contribution in [0, 0.1) is 0 Å². The van der Waals surface area contributed by atoms with Crippen molar-refractivity contribution in [1.29, 1.82) is 0 Å². The highest BCUT2D eigenvalue weighted by Crippen LogP contribution is 2.36. The minimum Gasteiger partial charge on any atom is -0.338 e. The highest BCUT2D eigenvalue weighted by atomic mass is 16.2. The molecule has 2 aliphatic rings. The zero-order valence-electron chi connectivity index (χ0n) is 18.5. The standard InChI is InChI=1S/C23H26N6O3/c1-4-29-19-16(6-5-11-24-19)20(30)25-23(29)9-12-28(13-10-23)21(31)15-7-8-17-18(14-15)27(3)22(32)26(17)2/h5-8,11,14H,4,9-10,12-13H2,1-3H3,(H,25,30). The van der Waals surface area contributed by atoms with Crippen molar-refractivity contribution in [3.05, 3.63) is 58.1 Å². The SMILES string of the molecule is CCN1c2ncccc2C(=O)NC12CCN(C(=O)c1ccc3c(c1)n(C)c(=O)n3C)CC2. The fraction of sp³-hybridized carbons (Fsp3) is 0.391. The van der Waals surface area contributed by atoms with E-state index in [0.29, 0.717) is 49.4 Å². The molecular formula is C23H26N6O3. The number of nitrogens with one attached hydrogen (secondary N) is 1. The van der Waals surface area contributed by atoms with Gasteiger partial charge in [-0.2, -0.15) is 0 Å². The Bertz CT molecular complexity index is 1300. The molecule has 2 aromatic heterocycles. The molecule has 1 fully saturated rings. The average Bonchev–Trinajstić information content (AvgIpc) is 3.03. The number of hydrogen-bond acceptors (Lipinski definition) is 5. The van der Waals surface area contributed by atoms with Gasteiger partial charge in [-0.15, -0.1) is 0 Å². The van der Waals surface area contributed by atoms with E-state index in [4.69, 9.17) is 0 Å². The maximum Gasteiger partial charge on any atom is 0.328 e. The van der Waals surface area contributed by atoms with Crippen LogP contribution < -0.4 is 15.9 Å². The number of anilines is 1. The molecule has 3 aromatic rings. The molecule has 166 valence electrons. The van der Waals surface area contributed by atoms with Gasteiger partial charge in [-0.25, -0.2) is 9.78 Å². The monoisotopic (exact) mass is 434 g/mol. The molecule has 4 heterocycles. The number of benzene rings is 1. The molecule has 1 saturated heterocycles. The smallest absolute Gasteiger partial charge is 0.328 e. The number of hydrogen-bond donors (Lipinski definition) is 1. The van der Waals surface area contributed by atoms with Gasteiger partial charge >= 0.3 is 5.69 Å². The van der Waals surface area contributed by atoms with Crippen LogP contribution in [0.15, 0.2) is 41.3 Å². The summed E-state index contributed by atoms with van der Waals surface area (Å²) in [5.41, 5.74) is 2.00. The Labute approximate surface area is 185 Å². The maximum absolute atomic E-state index is 13.2. The first kappa shape index (κ1) is 20.3. The molecule has 0 unspecified atom stereocenters. The largest absolute Gasteiger partial charge is 0.338 e. The van der Waals surface area contributed by atoms with Crippen molar-refractivity contribution in [3.63, 3.8) is 0 Å². The average molecular weight is 435 g/mol. The Morgan fingerprint density at radius 3 is 2.53 bits per heavy atom. The van der Waals surface area contributed by atoms with E-state index in [2.05, 4.69) is 22.1 Å². The number of piperidine rings is 1. The van der Waals surface area contributed by atoms with Crippen LogP contribution in [0.5, 0.6) is 0 Å². The van der Waals surface area contributed by atoms with E-state index in [-0.39, 0.29) is 17.5 Å². The van der Waals surface area contributed by atoms with E-state index >= 15 is 0 Å². The summed E-state index contributed by atoms with van der Waals surface area (Å²) in [6.07, 6.45) is 2.93. The number of fused-ring (bicyclic) bond motifs is 2. The number of aromatic nitrogens is 3. The molecule has 0 aliphatic carbocycles. The number of amides is 2. The normalized spacial score (nSPS) is 17.5. The summed E-state index contributed by atoms with van der Waals surface area (Å²) >= 11 is 0. The van der Waals surface area contributed by atoms with Gasteiger partial charge in [-0.3, -0.25) is 18.7 Å². The highest BCUT2D eigenvalue weighted by Gasteiger charge is 2.46. The van der Waals surface area contributed by atoms with Crippen molar-refractivity contribution in [3.8, 4) is 0 Å². The van der Waals surface area contributed by atoms with Crippen LogP contribution in [0.4, 0.5) is 5.82 Å². The first-order valence-electron chi connectivity index (χ1n) is 10.9. The van der Waals surface area contributed by atoms with Crippen LogP contribution in [-0.2, 0) is 14.1 Å². The van der Waals surface area contributed by atoms with Gasteiger partial charge in [0.2, 0.25) is 0 Å². The van der Waals surface area contributed by atoms with Crippen molar-refractivity contribution in [2.45, 2.75) is 25.4 Å². The molecule has 2 amide bonds. The van der Waals surface area contributed by atoms with E-state index in [9.17, 15) is 14.4 Å². The molecule has 2 aliphatic heterocycles.